The van der Waals surface area contributed by atoms with Crippen LogP contribution in [0.4, 0.5) is 5.95 Å². The van der Waals surface area contributed by atoms with Gasteiger partial charge in [0.1, 0.15) is 6.33 Å². The van der Waals surface area contributed by atoms with Gasteiger partial charge in [0.2, 0.25) is 11.6 Å². The zero-order chi connectivity index (χ0) is 17.4. The third kappa shape index (κ3) is 2.50. The number of aromatic nitrogens is 9. The Morgan fingerprint density at radius 1 is 1.20 bits per heavy atom. The zero-order valence-corrected chi connectivity index (χ0v) is 12.8. The summed E-state index contributed by atoms with van der Waals surface area (Å²) in [5.41, 5.74) is -0.473. The first kappa shape index (κ1) is 14.6. The molecule has 0 radical (unpaired) electrons. The summed E-state index contributed by atoms with van der Waals surface area (Å²) in [4.78, 5) is 28.4. The van der Waals surface area contributed by atoms with Crippen LogP contribution in [0.25, 0.3) is 11.5 Å². The van der Waals surface area contributed by atoms with Crippen molar-refractivity contribution in [2.45, 2.75) is 0 Å². The normalized spacial score (nSPS) is 10.9. The SMILES string of the molecule is Cn1nnnc1NC(=O)c1nn2cnn(-c3ccccc3)c2nc1=O. The summed E-state index contributed by atoms with van der Waals surface area (Å²) in [5, 5.41) is 21.1. The highest BCUT2D eigenvalue weighted by Gasteiger charge is 2.19. The molecular formula is C13H10N10O2. The maximum atomic E-state index is 12.2. The highest BCUT2D eigenvalue weighted by Crippen LogP contribution is 2.08. The number of fused-ring (bicyclic) bond motifs is 1. The summed E-state index contributed by atoms with van der Waals surface area (Å²) in [6, 6.07) is 9.13. The molecule has 0 saturated heterocycles. The van der Waals surface area contributed by atoms with Crippen molar-refractivity contribution in [3.05, 3.63) is 52.7 Å². The molecular weight excluding hydrogens is 328 g/mol. The number of carbonyl (C=O) groups is 1. The molecule has 0 saturated carbocycles. The second-order valence-electron chi connectivity index (χ2n) is 4.97. The summed E-state index contributed by atoms with van der Waals surface area (Å²) in [5.74, 6) is -0.499. The van der Waals surface area contributed by atoms with Gasteiger partial charge in [-0.25, -0.2) is 4.68 Å². The number of anilines is 1. The standard InChI is InChI=1S/C13H10N10O2/c1-21-12(17-19-20-21)15-10(24)9-11(25)16-13-22(18-9)7-14-23(13)8-5-3-2-4-6-8/h2-7H,1H3,(H,15,17,20,24). The van der Waals surface area contributed by atoms with Crippen molar-refractivity contribution in [3.63, 3.8) is 0 Å². The summed E-state index contributed by atoms with van der Waals surface area (Å²) in [7, 11) is 1.54. The van der Waals surface area contributed by atoms with E-state index in [1.807, 2.05) is 18.2 Å². The van der Waals surface area contributed by atoms with E-state index in [1.165, 1.54) is 20.2 Å². The van der Waals surface area contributed by atoms with E-state index in [4.69, 9.17) is 0 Å². The Morgan fingerprint density at radius 3 is 2.72 bits per heavy atom. The van der Waals surface area contributed by atoms with Crippen LogP contribution in [0.5, 0.6) is 0 Å². The fourth-order valence-electron chi connectivity index (χ4n) is 2.15. The van der Waals surface area contributed by atoms with Gasteiger partial charge in [0.15, 0.2) is 0 Å². The van der Waals surface area contributed by atoms with E-state index in [0.717, 1.165) is 0 Å². The summed E-state index contributed by atoms with van der Waals surface area (Å²) in [6.45, 7) is 0. The Balaban J connectivity index is 1.75. The largest absolute Gasteiger partial charge is 0.306 e. The molecule has 12 heteroatoms. The third-order valence-electron chi connectivity index (χ3n) is 3.34. The number of hydrogen-bond donors (Lipinski definition) is 1. The summed E-state index contributed by atoms with van der Waals surface area (Å²) in [6.07, 6.45) is 1.36. The van der Waals surface area contributed by atoms with E-state index < -0.39 is 17.2 Å². The number of para-hydroxylation sites is 1. The molecule has 1 N–H and O–H groups in total. The zero-order valence-electron chi connectivity index (χ0n) is 12.8. The van der Waals surface area contributed by atoms with Gasteiger partial charge in [0.25, 0.3) is 11.7 Å². The molecule has 124 valence electrons. The van der Waals surface area contributed by atoms with Gasteiger partial charge in [-0.05, 0) is 22.6 Å². The van der Waals surface area contributed by atoms with Crippen LogP contribution in [0.1, 0.15) is 10.5 Å². The van der Waals surface area contributed by atoms with Crippen LogP contribution in [0.3, 0.4) is 0 Å². The fraction of sp³-hybridized carbons (Fsp3) is 0.0769. The van der Waals surface area contributed by atoms with Gasteiger partial charge in [-0.1, -0.05) is 23.3 Å². The van der Waals surface area contributed by atoms with Crippen LogP contribution in [-0.4, -0.2) is 50.5 Å². The lowest BCUT2D eigenvalue weighted by atomic mass is 10.3. The van der Waals surface area contributed by atoms with Crippen molar-refractivity contribution >= 4 is 17.6 Å². The van der Waals surface area contributed by atoms with Gasteiger partial charge in [0.05, 0.1) is 5.69 Å². The van der Waals surface area contributed by atoms with E-state index in [-0.39, 0.29) is 11.7 Å². The molecule has 3 heterocycles. The molecule has 0 bridgehead atoms. The average Bonchev–Trinajstić information content (AvgIpc) is 3.21. The number of nitrogens with one attached hydrogen (secondary N) is 1. The highest BCUT2D eigenvalue weighted by molar-refractivity contribution is 6.01. The number of nitrogens with zero attached hydrogens (tertiary/aromatic N) is 9. The van der Waals surface area contributed by atoms with Crippen LogP contribution < -0.4 is 10.9 Å². The predicted molar refractivity (Wildman–Crippen MR) is 83.1 cm³/mol. The van der Waals surface area contributed by atoms with Crippen LogP contribution >= 0.6 is 0 Å². The minimum Gasteiger partial charge on any atom is -0.288 e. The van der Waals surface area contributed by atoms with Crippen LogP contribution in [-0.2, 0) is 7.05 Å². The van der Waals surface area contributed by atoms with E-state index in [1.54, 1.807) is 19.2 Å². The highest BCUT2D eigenvalue weighted by atomic mass is 16.2. The third-order valence-corrected chi connectivity index (χ3v) is 3.34. The number of amides is 1. The van der Waals surface area contributed by atoms with E-state index in [0.29, 0.717) is 5.69 Å². The molecule has 4 aromatic rings. The molecule has 0 atom stereocenters. The van der Waals surface area contributed by atoms with Crippen molar-refractivity contribution in [2.24, 2.45) is 7.05 Å². The van der Waals surface area contributed by atoms with E-state index in [2.05, 4.69) is 36.0 Å². The summed E-state index contributed by atoms with van der Waals surface area (Å²) < 4.78 is 3.94. The number of rotatable bonds is 3. The first-order chi connectivity index (χ1) is 12.1. The number of carbonyl (C=O) groups excluding carboxylic acids is 1. The molecule has 1 amide bonds. The van der Waals surface area contributed by atoms with Crippen molar-refractivity contribution in [1.29, 1.82) is 0 Å². The topological polar surface area (TPSA) is 138 Å². The lowest BCUT2D eigenvalue weighted by Crippen LogP contribution is -2.28. The molecule has 4 rings (SSSR count). The second-order valence-corrected chi connectivity index (χ2v) is 4.97. The number of benzene rings is 1. The Labute approximate surface area is 138 Å². The molecule has 0 aliphatic heterocycles. The maximum Gasteiger partial charge on any atom is 0.306 e. The molecule has 25 heavy (non-hydrogen) atoms. The smallest absolute Gasteiger partial charge is 0.288 e. The molecule has 1 aromatic carbocycles. The molecule has 0 unspecified atom stereocenters. The van der Waals surface area contributed by atoms with Crippen LogP contribution in [0.15, 0.2) is 41.5 Å². The predicted octanol–water partition coefficient (Wildman–Crippen LogP) is -0.949. The minimum atomic E-state index is -0.787. The lowest BCUT2D eigenvalue weighted by molar-refractivity contribution is 0.101. The number of tetrazole rings is 1. The lowest BCUT2D eigenvalue weighted by Gasteiger charge is -2.03. The molecule has 0 aliphatic carbocycles. The Morgan fingerprint density at radius 2 is 2.00 bits per heavy atom. The van der Waals surface area contributed by atoms with Gasteiger partial charge in [0, 0.05) is 7.05 Å². The first-order valence-corrected chi connectivity index (χ1v) is 7.07. The molecule has 3 aromatic heterocycles. The van der Waals surface area contributed by atoms with Crippen molar-refractivity contribution in [1.82, 2.24) is 44.6 Å². The minimum absolute atomic E-state index is 0.0799. The molecule has 0 aliphatic rings. The molecule has 0 spiro atoms. The average molecular weight is 338 g/mol. The van der Waals surface area contributed by atoms with Gasteiger partial charge < -0.3 is 0 Å². The van der Waals surface area contributed by atoms with Crippen LogP contribution in [0.2, 0.25) is 0 Å². The quantitative estimate of drug-likeness (QED) is 0.504. The monoisotopic (exact) mass is 338 g/mol. The van der Waals surface area contributed by atoms with Crippen molar-refractivity contribution in [2.75, 3.05) is 5.32 Å². The first-order valence-electron chi connectivity index (χ1n) is 7.07. The van der Waals surface area contributed by atoms with Crippen molar-refractivity contribution in [3.8, 4) is 5.69 Å². The maximum absolute atomic E-state index is 12.2. The Kier molecular flexibility index (Phi) is 3.27. The van der Waals surface area contributed by atoms with Gasteiger partial charge in [-0.2, -0.15) is 24.4 Å². The van der Waals surface area contributed by atoms with Gasteiger partial charge >= 0.3 is 5.56 Å². The van der Waals surface area contributed by atoms with E-state index >= 15 is 0 Å². The van der Waals surface area contributed by atoms with Gasteiger partial charge in [-0.3, -0.25) is 14.9 Å². The van der Waals surface area contributed by atoms with E-state index in [9.17, 15) is 9.59 Å². The Bertz CT molecular complexity index is 1130. The Hall–Kier alpha value is -3.96. The molecule has 0 fully saturated rings. The van der Waals surface area contributed by atoms with Crippen molar-refractivity contribution < 1.29 is 4.79 Å². The number of hydrogen-bond acceptors (Lipinski definition) is 8. The van der Waals surface area contributed by atoms with Crippen LogP contribution in [0, 0.1) is 0 Å². The summed E-state index contributed by atoms with van der Waals surface area (Å²) >= 11 is 0. The number of aryl methyl sites for hydroxylation is 1. The second kappa shape index (κ2) is 5.59. The fourth-order valence-corrected chi connectivity index (χ4v) is 2.15. The molecule has 12 nitrogen and oxygen atoms in total. The van der Waals surface area contributed by atoms with Gasteiger partial charge in [-0.15, -0.1) is 0 Å².